The summed E-state index contributed by atoms with van der Waals surface area (Å²) >= 11 is 0. The summed E-state index contributed by atoms with van der Waals surface area (Å²) in [5.74, 6) is -0.891. The van der Waals surface area contributed by atoms with E-state index >= 15 is 0 Å². The second-order valence-corrected chi connectivity index (χ2v) is 6.49. The Morgan fingerprint density at radius 1 is 0.783 bits per heavy atom. The molecule has 0 unspecified atom stereocenters. The van der Waals surface area contributed by atoms with Crippen molar-refractivity contribution in [1.82, 2.24) is 0 Å². The van der Waals surface area contributed by atoms with E-state index in [1.54, 1.807) is 6.92 Å². The summed E-state index contributed by atoms with van der Waals surface area (Å²) in [5, 5.41) is 7.83. The highest BCUT2D eigenvalue weighted by Gasteiger charge is 2.24. The molecule has 0 aromatic heterocycles. The number of aliphatic carboxylic acids is 1. The fourth-order valence-corrected chi connectivity index (χ4v) is 2.79. The first-order valence-corrected chi connectivity index (χ1v) is 9.72. The maximum atomic E-state index is 9.51. The van der Waals surface area contributed by atoms with Gasteiger partial charge in [0, 0.05) is 6.08 Å². The molecule has 3 heteroatoms. The van der Waals surface area contributed by atoms with Gasteiger partial charge in [0.1, 0.15) is 0 Å². The van der Waals surface area contributed by atoms with Crippen molar-refractivity contribution in [3.63, 3.8) is 0 Å². The predicted octanol–water partition coefficient (Wildman–Crippen LogP) is 5.65. The van der Waals surface area contributed by atoms with Crippen LogP contribution in [0.15, 0.2) is 12.2 Å². The van der Waals surface area contributed by atoms with Crippen LogP contribution in [0.1, 0.15) is 86.0 Å². The van der Waals surface area contributed by atoms with Crippen molar-refractivity contribution in [1.29, 1.82) is 0 Å². The molecule has 23 heavy (non-hydrogen) atoms. The second-order valence-electron chi connectivity index (χ2n) is 6.49. The molecule has 138 valence electrons. The smallest absolute Gasteiger partial charge is 0.327 e. The summed E-state index contributed by atoms with van der Waals surface area (Å²) in [5.41, 5.74) is 0. The third-order valence-corrected chi connectivity index (χ3v) is 4.25. The van der Waals surface area contributed by atoms with E-state index in [2.05, 4.69) is 27.7 Å². The van der Waals surface area contributed by atoms with E-state index in [1.807, 2.05) is 0 Å². The van der Waals surface area contributed by atoms with E-state index in [0.29, 0.717) is 0 Å². The summed E-state index contributed by atoms with van der Waals surface area (Å²) in [7, 11) is 0. The van der Waals surface area contributed by atoms with Crippen molar-refractivity contribution in [2.24, 2.45) is 0 Å². The molecule has 3 nitrogen and oxygen atoms in total. The Hall–Kier alpha value is -0.830. The summed E-state index contributed by atoms with van der Waals surface area (Å²) in [4.78, 5) is 9.51. The quantitative estimate of drug-likeness (QED) is 0.350. The number of hydrogen-bond acceptors (Lipinski definition) is 1. The van der Waals surface area contributed by atoms with Crippen LogP contribution in [-0.2, 0) is 4.79 Å². The van der Waals surface area contributed by atoms with Gasteiger partial charge in [0.2, 0.25) is 0 Å². The highest BCUT2D eigenvalue weighted by molar-refractivity contribution is 5.79. The molecule has 0 heterocycles. The molecule has 0 saturated heterocycles. The average Bonchev–Trinajstić information content (AvgIpc) is 2.54. The third-order valence-electron chi connectivity index (χ3n) is 4.25. The van der Waals surface area contributed by atoms with Crippen LogP contribution in [0.2, 0.25) is 0 Å². The number of carboxylic acid groups (broad SMARTS) is 1. The zero-order valence-electron chi connectivity index (χ0n) is 16.4. The van der Waals surface area contributed by atoms with Gasteiger partial charge >= 0.3 is 5.97 Å². The van der Waals surface area contributed by atoms with E-state index in [-0.39, 0.29) is 0 Å². The Morgan fingerprint density at radius 3 is 1.22 bits per heavy atom. The molecule has 0 aromatic carbocycles. The van der Waals surface area contributed by atoms with Crippen molar-refractivity contribution >= 4 is 5.97 Å². The molecule has 0 spiro atoms. The SMILES string of the molecule is C/C=C/C(=O)O.CCCC[N+](CCCC)(CCCC)CCCC. The van der Waals surface area contributed by atoms with Crippen LogP contribution in [-0.4, -0.2) is 41.7 Å². The number of unbranched alkanes of at least 4 members (excludes halogenated alkanes) is 4. The van der Waals surface area contributed by atoms with E-state index < -0.39 is 5.97 Å². The normalized spacial score (nSPS) is 11.3. The van der Waals surface area contributed by atoms with Crippen LogP contribution in [0.4, 0.5) is 0 Å². The second kappa shape index (κ2) is 17.5. The molecular formula is C20H42NO2+. The van der Waals surface area contributed by atoms with Crippen LogP contribution in [0.25, 0.3) is 0 Å². The van der Waals surface area contributed by atoms with Crippen LogP contribution < -0.4 is 0 Å². The lowest BCUT2D eigenvalue weighted by molar-refractivity contribution is -0.929. The zero-order chi connectivity index (χ0) is 18.0. The Balaban J connectivity index is 0. The highest BCUT2D eigenvalue weighted by atomic mass is 16.4. The summed E-state index contributed by atoms with van der Waals surface area (Å²) in [6, 6.07) is 0. The standard InChI is InChI=1S/C16H36N.C4H6O2/c1-5-9-13-17(14-10-6-2,15-11-7-3)16-12-8-4;1-2-3-4(5)6/h5-16H2,1-4H3;2-3H,1H3,(H,5,6)/q+1;/b;3-2+. The summed E-state index contributed by atoms with van der Waals surface area (Å²) in [6.07, 6.45) is 13.6. The van der Waals surface area contributed by atoms with Crippen LogP contribution in [0, 0.1) is 0 Å². The molecule has 0 rings (SSSR count). The van der Waals surface area contributed by atoms with Crippen molar-refractivity contribution in [3.8, 4) is 0 Å². The number of carboxylic acids is 1. The van der Waals surface area contributed by atoms with Gasteiger partial charge in [-0.25, -0.2) is 4.79 Å². The molecular weight excluding hydrogens is 286 g/mol. The number of quaternary nitrogens is 1. The average molecular weight is 329 g/mol. The van der Waals surface area contributed by atoms with E-state index in [4.69, 9.17) is 5.11 Å². The first-order chi connectivity index (χ1) is 11.0. The largest absolute Gasteiger partial charge is 0.478 e. The van der Waals surface area contributed by atoms with Gasteiger partial charge in [-0.15, -0.1) is 0 Å². The molecule has 0 amide bonds. The van der Waals surface area contributed by atoms with Gasteiger partial charge in [-0.05, 0) is 32.6 Å². The lowest BCUT2D eigenvalue weighted by Gasteiger charge is -2.39. The fourth-order valence-electron chi connectivity index (χ4n) is 2.79. The summed E-state index contributed by atoms with van der Waals surface area (Å²) < 4.78 is 1.42. The fraction of sp³-hybridized carbons (Fsp3) is 0.850. The third kappa shape index (κ3) is 15.8. The van der Waals surface area contributed by atoms with Crippen LogP contribution in [0.5, 0.6) is 0 Å². The van der Waals surface area contributed by atoms with Gasteiger partial charge in [-0.2, -0.15) is 0 Å². The number of rotatable bonds is 13. The van der Waals surface area contributed by atoms with Gasteiger partial charge in [0.25, 0.3) is 0 Å². The lowest BCUT2D eigenvalue weighted by atomic mass is 10.1. The Morgan fingerprint density at radius 2 is 1.09 bits per heavy atom. The van der Waals surface area contributed by atoms with Crippen molar-refractivity contribution in [2.75, 3.05) is 26.2 Å². The maximum Gasteiger partial charge on any atom is 0.327 e. The molecule has 0 aliphatic heterocycles. The minimum atomic E-state index is -0.891. The van der Waals surface area contributed by atoms with E-state index in [1.165, 1.54) is 88.1 Å². The highest BCUT2D eigenvalue weighted by Crippen LogP contribution is 2.16. The monoisotopic (exact) mass is 328 g/mol. The molecule has 0 radical (unpaired) electrons. The van der Waals surface area contributed by atoms with Gasteiger partial charge in [0.05, 0.1) is 26.2 Å². The zero-order valence-corrected chi connectivity index (χ0v) is 16.4. The maximum absolute atomic E-state index is 9.51. The van der Waals surface area contributed by atoms with E-state index in [9.17, 15) is 4.79 Å². The Kier molecular flexibility index (Phi) is 18.6. The van der Waals surface area contributed by atoms with Crippen molar-refractivity contribution in [3.05, 3.63) is 12.2 Å². The molecule has 0 aliphatic carbocycles. The number of carbonyl (C=O) groups is 1. The Labute approximate surface area is 145 Å². The minimum absolute atomic E-state index is 0.891. The number of hydrogen-bond donors (Lipinski definition) is 1. The van der Waals surface area contributed by atoms with Crippen LogP contribution >= 0.6 is 0 Å². The Bertz CT molecular complexity index is 250. The first kappa shape index (κ1) is 24.4. The number of nitrogens with zero attached hydrogens (tertiary/aromatic N) is 1. The first-order valence-electron chi connectivity index (χ1n) is 9.72. The molecule has 1 N–H and O–H groups in total. The van der Waals surface area contributed by atoms with Crippen molar-refractivity contribution in [2.45, 2.75) is 86.0 Å². The topological polar surface area (TPSA) is 37.3 Å². The van der Waals surface area contributed by atoms with E-state index in [0.717, 1.165) is 6.08 Å². The molecule has 0 atom stereocenters. The van der Waals surface area contributed by atoms with Gasteiger partial charge in [0.15, 0.2) is 0 Å². The predicted molar refractivity (Wildman–Crippen MR) is 102 cm³/mol. The molecule has 0 aliphatic rings. The minimum Gasteiger partial charge on any atom is -0.478 e. The van der Waals surface area contributed by atoms with Gasteiger partial charge < -0.3 is 9.59 Å². The number of allylic oxidation sites excluding steroid dienone is 1. The molecule has 0 bridgehead atoms. The molecule has 0 aromatic rings. The van der Waals surface area contributed by atoms with Crippen molar-refractivity contribution < 1.29 is 14.4 Å². The van der Waals surface area contributed by atoms with Gasteiger partial charge in [-0.1, -0.05) is 59.5 Å². The van der Waals surface area contributed by atoms with Crippen LogP contribution in [0.3, 0.4) is 0 Å². The lowest BCUT2D eigenvalue weighted by Crippen LogP contribution is -2.50. The van der Waals surface area contributed by atoms with Gasteiger partial charge in [-0.3, -0.25) is 0 Å². The molecule has 0 saturated carbocycles. The molecule has 0 fully saturated rings. The summed E-state index contributed by atoms with van der Waals surface area (Å²) in [6.45, 7) is 16.7.